The maximum atomic E-state index is 9.85. The van der Waals surface area contributed by atoms with Gasteiger partial charge in [0.1, 0.15) is 0 Å². The van der Waals surface area contributed by atoms with Gasteiger partial charge < -0.3 is 15.2 Å². The molecular weight excluding hydrogens is 270 g/mol. The number of hydrogen-bond acceptors (Lipinski definition) is 4. The number of nitrogens with one attached hydrogen (secondary N) is 1. The van der Waals surface area contributed by atoms with Gasteiger partial charge in [-0.3, -0.25) is 0 Å². The van der Waals surface area contributed by atoms with Crippen molar-refractivity contribution in [3.05, 3.63) is 22.4 Å². The SMILES string of the molecule is CCCCC(CC)COCC(O)CNCc1ccsc1. The molecule has 0 saturated heterocycles. The fourth-order valence-corrected chi connectivity index (χ4v) is 2.77. The van der Waals surface area contributed by atoms with Gasteiger partial charge in [0, 0.05) is 19.7 Å². The maximum absolute atomic E-state index is 9.85. The first kappa shape index (κ1) is 17.6. The highest BCUT2D eigenvalue weighted by molar-refractivity contribution is 7.07. The summed E-state index contributed by atoms with van der Waals surface area (Å²) in [5.41, 5.74) is 1.27. The lowest BCUT2D eigenvalue weighted by atomic mass is 10.0. The third-order valence-corrected chi connectivity index (χ3v) is 4.23. The average Bonchev–Trinajstić information content (AvgIpc) is 2.96. The van der Waals surface area contributed by atoms with Crippen molar-refractivity contribution in [1.82, 2.24) is 5.32 Å². The van der Waals surface area contributed by atoms with E-state index in [4.69, 9.17) is 4.74 Å². The van der Waals surface area contributed by atoms with Gasteiger partial charge in [-0.05, 0) is 34.7 Å². The lowest BCUT2D eigenvalue weighted by Crippen LogP contribution is -2.30. The van der Waals surface area contributed by atoms with Crippen molar-refractivity contribution in [1.29, 1.82) is 0 Å². The van der Waals surface area contributed by atoms with E-state index in [-0.39, 0.29) is 0 Å². The summed E-state index contributed by atoms with van der Waals surface area (Å²) < 4.78 is 5.65. The first-order chi connectivity index (χ1) is 9.76. The molecule has 0 fully saturated rings. The lowest BCUT2D eigenvalue weighted by Gasteiger charge is -2.17. The molecule has 0 aromatic carbocycles. The van der Waals surface area contributed by atoms with Gasteiger partial charge in [-0.15, -0.1) is 0 Å². The van der Waals surface area contributed by atoms with Crippen LogP contribution in [0.1, 0.15) is 45.1 Å². The number of unbranched alkanes of at least 4 members (excludes halogenated alkanes) is 1. The van der Waals surface area contributed by atoms with E-state index in [2.05, 4.69) is 36.0 Å². The van der Waals surface area contributed by atoms with Crippen molar-refractivity contribution in [2.75, 3.05) is 19.8 Å². The molecule has 2 N–H and O–H groups in total. The van der Waals surface area contributed by atoms with E-state index < -0.39 is 6.10 Å². The van der Waals surface area contributed by atoms with Crippen molar-refractivity contribution in [3.63, 3.8) is 0 Å². The fraction of sp³-hybridized carbons (Fsp3) is 0.750. The molecule has 0 aliphatic rings. The summed E-state index contributed by atoms with van der Waals surface area (Å²) in [5, 5.41) is 17.3. The Morgan fingerprint density at radius 1 is 1.35 bits per heavy atom. The first-order valence-corrected chi connectivity index (χ1v) is 8.68. The molecule has 116 valence electrons. The van der Waals surface area contributed by atoms with Gasteiger partial charge in [-0.1, -0.05) is 33.1 Å². The van der Waals surface area contributed by atoms with E-state index in [0.29, 0.717) is 19.1 Å². The minimum absolute atomic E-state index is 0.419. The Hall–Kier alpha value is -0.420. The van der Waals surface area contributed by atoms with E-state index in [1.807, 2.05) is 0 Å². The van der Waals surface area contributed by atoms with Crippen LogP contribution in [0.15, 0.2) is 16.8 Å². The van der Waals surface area contributed by atoms with Crippen molar-refractivity contribution in [2.45, 2.75) is 52.2 Å². The van der Waals surface area contributed by atoms with Crippen LogP contribution < -0.4 is 5.32 Å². The molecule has 1 aromatic heterocycles. The maximum Gasteiger partial charge on any atom is 0.0897 e. The highest BCUT2D eigenvalue weighted by Gasteiger charge is 2.08. The Bertz CT molecular complexity index is 316. The molecule has 0 spiro atoms. The van der Waals surface area contributed by atoms with Gasteiger partial charge in [0.15, 0.2) is 0 Å². The number of hydrogen-bond donors (Lipinski definition) is 2. The topological polar surface area (TPSA) is 41.5 Å². The van der Waals surface area contributed by atoms with Crippen LogP contribution >= 0.6 is 11.3 Å². The molecule has 4 heteroatoms. The molecule has 0 saturated carbocycles. The monoisotopic (exact) mass is 299 g/mol. The molecule has 1 heterocycles. The molecule has 2 atom stereocenters. The molecule has 3 nitrogen and oxygen atoms in total. The number of aliphatic hydroxyl groups is 1. The summed E-state index contributed by atoms with van der Waals surface area (Å²) in [7, 11) is 0. The number of thiophene rings is 1. The predicted octanol–water partition coefficient (Wildman–Crippen LogP) is 3.43. The van der Waals surface area contributed by atoms with Crippen molar-refractivity contribution in [2.24, 2.45) is 5.92 Å². The quantitative estimate of drug-likeness (QED) is 0.621. The van der Waals surface area contributed by atoms with Crippen molar-refractivity contribution in [3.8, 4) is 0 Å². The van der Waals surface area contributed by atoms with Gasteiger partial charge in [0.25, 0.3) is 0 Å². The van der Waals surface area contributed by atoms with Crippen LogP contribution in [-0.4, -0.2) is 31.0 Å². The second-order valence-electron chi connectivity index (χ2n) is 5.37. The summed E-state index contributed by atoms with van der Waals surface area (Å²) in [6, 6.07) is 2.10. The van der Waals surface area contributed by atoms with E-state index in [9.17, 15) is 5.11 Å². The van der Waals surface area contributed by atoms with Crippen LogP contribution in [0.2, 0.25) is 0 Å². The summed E-state index contributed by atoms with van der Waals surface area (Å²) in [5.74, 6) is 0.640. The standard InChI is InChI=1S/C16H29NO2S/c1-3-5-6-14(4-2)11-19-12-16(18)10-17-9-15-7-8-20-13-15/h7-8,13-14,16-18H,3-6,9-12H2,1-2H3. The normalized spacial score (nSPS) is 14.3. The number of rotatable bonds is 12. The van der Waals surface area contributed by atoms with Gasteiger partial charge in [0.05, 0.1) is 12.7 Å². The van der Waals surface area contributed by atoms with Gasteiger partial charge in [-0.25, -0.2) is 0 Å². The molecule has 2 unspecified atom stereocenters. The Balaban J connectivity index is 2.02. The average molecular weight is 299 g/mol. The molecule has 0 aliphatic carbocycles. The van der Waals surface area contributed by atoms with Crippen LogP contribution in [0, 0.1) is 5.92 Å². The third kappa shape index (κ3) is 8.00. The van der Waals surface area contributed by atoms with Crippen molar-refractivity contribution >= 4 is 11.3 Å². The van der Waals surface area contributed by atoms with Gasteiger partial charge in [-0.2, -0.15) is 11.3 Å². The van der Waals surface area contributed by atoms with Gasteiger partial charge >= 0.3 is 0 Å². The molecule has 1 aromatic rings. The summed E-state index contributed by atoms with van der Waals surface area (Å²) in [4.78, 5) is 0. The lowest BCUT2D eigenvalue weighted by molar-refractivity contribution is 0.0192. The highest BCUT2D eigenvalue weighted by Crippen LogP contribution is 2.12. The zero-order chi connectivity index (χ0) is 14.6. The first-order valence-electron chi connectivity index (χ1n) is 7.73. The highest BCUT2D eigenvalue weighted by atomic mass is 32.1. The predicted molar refractivity (Wildman–Crippen MR) is 86.2 cm³/mol. The number of aliphatic hydroxyl groups excluding tert-OH is 1. The zero-order valence-electron chi connectivity index (χ0n) is 12.8. The third-order valence-electron chi connectivity index (χ3n) is 3.50. The van der Waals surface area contributed by atoms with Crippen LogP contribution in [0.5, 0.6) is 0 Å². The Labute approximate surface area is 127 Å². The molecule has 1 rings (SSSR count). The van der Waals surface area contributed by atoms with Crippen LogP contribution in [0.3, 0.4) is 0 Å². The van der Waals surface area contributed by atoms with E-state index in [1.165, 1.54) is 24.8 Å². The number of ether oxygens (including phenoxy) is 1. The largest absolute Gasteiger partial charge is 0.389 e. The summed E-state index contributed by atoms with van der Waals surface area (Å²) in [6.07, 6.45) is 4.49. The minimum Gasteiger partial charge on any atom is -0.389 e. The Morgan fingerprint density at radius 3 is 2.85 bits per heavy atom. The van der Waals surface area contributed by atoms with Crippen LogP contribution in [0.4, 0.5) is 0 Å². The van der Waals surface area contributed by atoms with Crippen molar-refractivity contribution < 1.29 is 9.84 Å². The van der Waals surface area contributed by atoms with E-state index >= 15 is 0 Å². The molecule has 0 radical (unpaired) electrons. The second-order valence-corrected chi connectivity index (χ2v) is 6.15. The fourth-order valence-electron chi connectivity index (χ4n) is 2.10. The van der Waals surface area contributed by atoms with Crippen LogP contribution in [-0.2, 0) is 11.3 Å². The van der Waals surface area contributed by atoms with E-state index in [0.717, 1.165) is 19.6 Å². The summed E-state index contributed by atoms with van der Waals surface area (Å²) in [6.45, 7) is 7.03. The minimum atomic E-state index is -0.419. The molecule has 0 bridgehead atoms. The smallest absolute Gasteiger partial charge is 0.0897 e. The van der Waals surface area contributed by atoms with E-state index in [1.54, 1.807) is 11.3 Å². The second kappa shape index (κ2) is 11.3. The van der Waals surface area contributed by atoms with Crippen LogP contribution in [0.25, 0.3) is 0 Å². The molecule has 0 aliphatic heterocycles. The summed E-state index contributed by atoms with van der Waals surface area (Å²) >= 11 is 1.70. The Morgan fingerprint density at radius 2 is 2.20 bits per heavy atom. The Kier molecular flexibility index (Phi) is 9.93. The molecule has 20 heavy (non-hydrogen) atoms. The molecular formula is C16H29NO2S. The molecule has 0 amide bonds. The van der Waals surface area contributed by atoms with Gasteiger partial charge in [0.2, 0.25) is 0 Å². The zero-order valence-corrected chi connectivity index (χ0v) is 13.6.